The van der Waals surface area contributed by atoms with E-state index >= 15 is 0 Å². The molecule has 18 heavy (non-hydrogen) atoms. The highest BCUT2D eigenvalue weighted by Crippen LogP contribution is 2.22. The number of anilines is 3. The second-order valence-electron chi connectivity index (χ2n) is 3.51. The van der Waals surface area contributed by atoms with E-state index in [2.05, 4.69) is 15.3 Å². The van der Waals surface area contributed by atoms with Gasteiger partial charge in [-0.2, -0.15) is 4.98 Å². The van der Waals surface area contributed by atoms with Crippen molar-refractivity contribution in [2.75, 3.05) is 17.7 Å². The molecule has 2 aromatic rings. The molecule has 1 heterocycles. The molecule has 5 nitrogen and oxygen atoms in total. The van der Waals surface area contributed by atoms with Crippen LogP contribution in [-0.2, 0) is 0 Å². The average molecular weight is 248 g/mol. The van der Waals surface area contributed by atoms with Gasteiger partial charge in [0, 0.05) is 18.0 Å². The first-order chi connectivity index (χ1) is 8.69. The molecule has 0 unspecified atom stereocenters. The number of hydrogen-bond donors (Lipinski definition) is 2. The van der Waals surface area contributed by atoms with E-state index in [-0.39, 0.29) is 5.75 Å². The zero-order valence-corrected chi connectivity index (χ0v) is 9.85. The molecule has 0 aliphatic carbocycles. The lowest BCUT2D eigenvalue weighted by molar-refractivity contribution is 0.321. The maximum absolute atomic E-state index is 13.6. The first kappa shape index (κ1) is 12.1. The lowest BCUT2D eigenvalue weighted by Crippen LogP contribution is -2.00. The van der Waals surface area contributed by atoms with Crippen molar-refractivity contribution in [1.29, 1.82) is 0 Å². The highest BCUT2D eigenvalue weighted by Gasteiger charge is 2.05. The van der Waals surface area contributed by atoms with Crippen LogP contribution in [0.4, 0.5) is 21.8 Å². The molecule has 6 heteroatoms. The molecule has 0 aliphatic heterocycles. The van der Waals surface area contributed by atoms with Gasteiger partial charge < -0.3 is 15.8 Å². The summed E-state index contributed by atoms with van der Waals surface area (Å²) in [6, 6.07) is 6.12. The molecule has 0 saturated heterocycles. The van der Waals surface area contributed by atoms with Crippen LogP contribution < -0.4 is 15.8 Å². The van der Waals surface area contributed by atoms with Gasteiger partial charge >= 0.3 is 0 Å². The number of hydrogen-bond acceptors (Lipinski definition) is 5. The average Bonchev–Trinajstić information content (AvgIpc) is 2.33. The molecule has 0 radical (unpaired) electrons. The minimum atomic E-state index is -0.439. The van der Waals surface area contributed by atoms with Gasteiger partial charge in [0.1, 0.15) is 5.82 Å². The summed E-state index contributed by atoms with van der Waals surface area (Å²) in [4.78, 5) is 7.93. The molecule has 0 amide bonds. The van der Waals surface area contributed by atoms with E-state index in [4.69, 9.17) is 10.5 Å². The van der Waals surface area contributed by atoms with Gasteiger partial charge in [-0.05, 0) is 25.1 Å². The smallest absolute Gasteiger partial charge is 0.229 e. The van der Waals surface area contributed by atoms with Crippen molar-refractivity contribution in [1.82, 2.24) is 9.97 Å². The van der Waals surface area contributed by atoms with Crippen LogP contribution in [0.5, 0.6) is 5.75 Å². The van der Waals surface area contributed by atoms with Crippen LogP contribution in [0.25, 0.3) is 0 Å². The fourth-order valence-electron chi connectivity index (χ4n) is 1.41. The normalized spacial score (nSPS) is 10.1. The van der Waals surface area contributed by atoms with E-state index < -0.39 is 5.82 Å². The van der Waals surface area contributed by atoms with Gasteiger partial charge in [0.15, 0.2) is 11.6 Å². The highest BCUT2D eigenvalue weighted by atomic mass is 19.1. The molecule has 3 N–H and O–H groups in total. The number of halogens is 1. The first-order valence-corrected chi connectivity index (χ1v) is 5.47. The number of nitrogens with zero attached hydrogens (tertiary/aromatic N) is 2. The molecule has 0 saturated carbocycles. The second-order valence-corrected chi connectivity index (χ2v) is 3.51. The Bertz CT molecular complexity index is 547. The van der Waals surface area contributed by atoms with Crippen molar-refractivity contribution in [2.45, 2.75) is 6.92 Å². The zero-order chi connectivity index (χ0) is 13.0. The summed E-state index contributed by atoms with van der Waals surface area (Å²) in [5.74, 6) is 0.444. The maximum atomic E-state index is 13.6. The summed E-state index contributed by atoms with van der Waals surface area (Å²) in [5, 5.41) is 2.86. The Morgan fingerprint density at radius 2 is 2.22 bits per heavy atom. The minimum Gasteiger partial charge on any atom is -0.491 e. The number of nitrogen functional groups attached to an aromatic ring is 1. The number of ether oxygens (including phenoxy) is 1. The molecule has 1 aromatic heterocycles. The molecule has 0 atom stereocenters. The number of aromatic nitrogens is 2. The molecule has 1 aromatic carbocycles. The van der Waals surface area contributed by atoms with Crippen LogP contribution in [-0.4, -0.2) is 16.6 Å². The Labute approximate surface area is 104 Å². The standard InChI is InChI=1S/C12H13FN4O/c1-2-18-10-4-3-8(7-9(10)13)16-12-15-6-5-11(14)17-12/h3-7H,2H2,1H3,(H3,14,15,16,17). The van der Waals surface area contributed by atoms with Crippen molar-refractivity contribution in [3.63, 3.8) is 0 Å². The number of rotatable bonds is 4. The molecule has 2 rings (SSSR count). The Morgan fingerprint density at radius 1 is 1.39 bits per heavy atom. The molecule has 0 spiro atoms. The Kier molecular flexibility index (Phi) is 3.57. The number of nitrogens with two attached hydrogens (primary N) is 1. The topological polar surface area (TPSA) is 73.1 Å². The van der Waals surface area contributed by atoms with Gasteiger partial charge in [0.05, 0.1) is 6.61 Å². The Morgan fingerprint density at radius 3 is 2.89 bits per heavy atom. The molecule has 0 fully saturated rings. The van der Waals surface area contributed by atoms with Crippen LogP contribution in [0, 0.1) is 5.82 Å². The third-order valence-corrected chi connectivity index (χ3v) is 2.16. The van der Waals surface area contributed by atoms with E-state index in [1.807, 2.05) is 0 Å². The zero-order valence-electron chi connectivity index (χ0n) is 9.85. The molecular weight excluding hydrogens is 235 g/mol. The molecule has 0 bridgehead atoms. The third-order valence-electron chi connectivity index (χ3n) is 2.16. The van der Waals surface area contributed by atoms with Gasteiger partial charge in [-0.1, -0.05) is 0 Å². The predicted octanol–water partition coefficient (Wildman–Crippen LogP) is 2.34. The molecule has 94 valence electrons. The minimum absolute atomic E-state index is 0.219. The quantitative estimate of drug-likeness (QED) is 0.868. The van der Waals surface area contributed by atoms with Gasteiger partial charge in [-0.15, -0.1) is 0 Å². The van der Waals surface area contributed by atoms with E-state index in [1.165, 1.54) is 12.3 Å². The van der Waals surface area contributed by atoms with E-state index in [1.54, 1.807) is 25.1 Å². The Hall–Kier alpha value is -2.37. The van der Waals surface area contributed by atoms with Crippen molar-refractivity contribution < 1.29 is 9.13 Å². The van der Waals surface area contributed by atoms with Crippen molar-refractivity contribution in [3.8, 4) is 5.75 Å². The van der Waals surface area contributed by atoms with Crippen molar-refractivity contribution in [2.24, 2.45) is 0 Å². The van der Waals surface area contributed by atoms with Crippen LogP contribution in [0.1, 0.15) is 6.92 Å². The summed E-state index contributed by atoms with van der Waals surface area (Å²) < 4.78 is 18.7. The fourth-order valence-corrected chi connectivity index (χ4v) is 1.41. The van der Waals surface area contributed by atoms with Crippen LogP contribution in [0.2, 0.25) is 0 Å². The second kappa shape index (κ2) is 5.31. The largest absolute Gasteiger partial charge is 0.491 e. The molecule has 0 aliphatic rings. The monoisotopic (exact) mass is 248 g/mol. The van der Waals surface area contributed by atoms with E-state index in [9.17, 15) is 4.39 Å². The maximum Gasteiger partial charge on any atom is 0.229 e. The van der Waals surface area contributed by atoms with Crippen LogP contribution in [0.15, 0.2) is 30.5 Å². The van der Waals surface area contributed by atoms with E-state index in [0.717, 1.165) is 0 Å². The fraction of sp³-hybridized carbons (Fsp3) is 0.167. The predicted molar refractivity (Wildman–Crippen MR) is 67.3 cm³/mol. The van der Waals surface area contributed by atoms with Crippen LogP contribution >= 0.6 is 0 Å². The van der Waals surface area contributed by atoms with Gasteiger partial charge in [0.25, 0.3) is 0 Å². The summed E-state index contributed by atoms with van der Waals surface area (Å²) in [7, 11) is 0. The number of nitrogens with one attached hydrogen (secondary N) is 1. The SMILES string of the molecule is CCOc1ccc(Nc2nccc(N)n2)cc1F. The first-order valence-electron chi connectivity index (χ1n) is 5.47. The van der Waals surface area contributed by atoms with Gasteiger partial charge in [-0.3, -0.25) is 0 Å². The van der Waals surface area contributed by atoms with Gasteiger partial charge in [-0.25, -0.2) is 9.37 Å². The highest BCUT2D eigenvalue weighted by molar-refractivity contribution is 5.55. The van der Waals surface area contributed by atoms with E-state index in [0.29, 0.717) is 24.1 Å². The summed E-state index contributed by atoms with van der Waals surface area (Å²) >= 11 is 0. The summed E-state index contributed by atoms with van der Waals surface area (Å²) in [6.45, 7) is 2.22. The summed E-state index contributed by atoms with van der Waals surface area (Å²) in [6.07, 6.45) is 1.52. The number of benzene rings is 1. The van der Waals surface area contributed by atoms with Crippen LogP contribution in [0.3, 0.4) is 0 Å². The van der Waals surface area contributed by atoms with Crippen molar-refractivity contribution >= 4 is 17.5 Å². The van der Waals surface area contributed by atoms with Crippen molar-refractivity contribution in [3.05, 3.63) is 36.3 Å². The molecular formula is C12H13FN4O. The third kappa shape index (κ3) is 2.85. The van der Waals surface area contributed by atoms with Gasteiger partial charge in [0.2, 0.25) is 5.95 Å². The summed E-state index contributed by atoms with van der Waals surface area (Å²) in [5.41, 5.74) is 6.05. The Balaban J connectivity index is 2.17. The lowest BCUT2D eigenvalue weighted by atomic mass is 10.3. The lowest BCUT2D eigenvalue weighted by Gasteiger charge is -2.08.